The number of benzene rings is 1. The van der Waals surface area contributed by atoms with Crippen molar-refractivity contribution in [3.63, 3.8) is 0 Å². The highest BCUT2D eigenvalue weighted by Gasteiger charge is 2.29. The van der Waals surface area contributed by atoms with Crippen molar-refractivity contribution in [2.45, 2.75) is 38.5 Å². The van der Waals surface area contributed by atoms with Crippen LogP contribution in [0.1, 0.15) is 37.4 Å². The Morgan fingerprint density at radius 1 is 1.42 bits per heavy atom. The molecule has 0 aromatic heterocycles. The molecule has 2 aliphatic rings. The van der Waals surface area contributed by atoms with Gasteiger partial charge in [-0.2, -0.15) is 13.2 Å². The van der Waals surface area contributed by atoms with E-state index in [0.29, 0.717) is 0 Å². The van der Waals surface area contributed by atoms with Crippen molar-refractivity contribution in [2.75, 3.05) is 26.3 Å². The fraction of sp³-hybridized carbons (Fsp3) is 0.476. The summed E-state index contributed by atoms with van der Waals surface area (Å²) in [5.41, 5.74) is 9.96. The molecule has 3 N–H and O–H groups in total. The molecule has 0 radical (unpaired) electrons. The lowest BCUT2D eigenvalue weighted by molar-refractivity contribution is -0.160. The Morgan fingerprint density at radius 3 is 2.97 bits per heavy atom. The van der Waals surface area contributed by atoms with E-state index >= 15 is 0 Å². The molecule has 0 saturated carbocycles. The first-order chi connectivity index (χ1) is 14.8. The number of carbonyl (C=O) groups excluding carboxylic acids is 1. The van der Waals surface area contributed by atoms with Crippen molar-refractivity contribution in [3.8, 4) is 11.8 Å². The number of halogens is 3. The number of rotatable bonds is 5. The normalized spacial score (nSPS) is 18.5. The molecule has 2 heterocycles. The van der Waals surface area contributed by atoms with Crippen molar-refractivity contribution in [2.24, 2.45) is 0 Å². The maximum Gasteiger partial charge on any atom is 0.422 e. The summed E-state index contributed by atoms with van der Waals surface area (Å²) in [7, 11) is 0. The molecule has 10 heteroatoms. The van der Waals surface area contributed by atoms with Gasteiger partial charge in [0.05, 0.1) is 24.9 Å². The largest absolute Gasteiger partial charge is 0.440 e. The second-order valence-electron chi connectivity index (χ2n) is 7.30. The molecule has 0 bridgehead atoms. The minimum Gasteiger partial charge on any atom is -0.440 e. The Kier molecular flexibility index (Phi) is 7.65. The van der Waals surface area contributed by atoms with Crippen molar-refractivity contribution in [3.05, 3.63) is 41.1 Å². The van der Waals surface area contributed by atoms with Crippen LogP contribution in [0.4, 0.5) is 18.0 Å². The summed E-state index contributed by atoms with van der Waals surface area (Å²) in [4.78, 5) is 11.2. The molecule has 1 aromatic rings. The highest BCUT2D eigenvalue weighted by molar-refractivity contribution is 5.68. The van der Waals surface area contributed by atoms with Crippen molar-refractivity contribution >= 4 is 11.8 Å². The van der Waals surface area contributed by atoms with Crippen LogP contribution in [0.15, 0.2) is 24.4 Å². The summed E-state index contributed by atoms with van der Waals surface area (Å²) in [6.07, 6.45) is -0.123. The first-order valence-electron chi connectivity index (χ1n) is 9.99. The second-order valence-corrected chi connectivity index (χ2v) is 7.30. The monoisotopic (exact) mass is 440 g/mol. The van der Waals surface area contributed by atoms with E-state index in [1.807, 2.05) is 36.3 Å². The van der Waals surface area contributed by atoms with Gasteiger partial charge in [0, 0.05) is 25.4 Å². The molecule has 2 aliphatic heterocycles. The minimum absolute atomic E-state index is 0. The lowest BCUT2D eigenvalue weighted by Gasteiger charge is -2.26. The molecule has 31 heavy (non-hydrogen) atoms. The number of alkyl halides is 3. The van der Waals surface area contributed by atoms with Gasteiger partial charge in [-0.3, -0.25) is 5.01 Å². The molecular formula is C21H27F3N4O3. The van der Waals surface area contributed by atoms with Gasteiger partial charge < -0.3 is 20.2 Å². The first-order valence-corrected chi connectivity index (χ1v) is 9.99. The maximum atomic E-state index is 12.0. The number of ether oxygens (including phenoxy) is 2. The minimum atomic E-state index is -4.55. The van der Waals surface area contributed by atoms with Gasteiger partial charge in [-0.1, -0.05) is 17.9 Å². The van der Waals surface area contributed by atoms with Gasteiger partial charge >= 0.3 is 12.3 Å². The molecule has 1 atom stereocenters. The predicted octanol–water partition coefficient (Wildman–Crippen LogP) is 3.07. The van der Waals surface area contributed by atoms with Gasteiger partial charge in [0.2, 0.25) is 0 Å². The van der Waals surface area contributed by atoms with Gasteiger partial charge in [-0.15, -0.1) is 5.53 Å². The third-order valence-corrected chi connectivity index (χ3v) is 4.73. The van der Waals surface area contributed by atoms with Crippen molar-refractivity contribution in [1.29, 1.82) is 0 Å². The lowest BCUT2D eigenvalue weighted by atomic mass is 10.0. The molecule has 0 spiro atoms. The number of hydrogen-bond donors (Lipinski definition) is 3. The molecule has 0 aliphatic carbocycles. The Morgan fingerprint density at radius 2 is 2.26 bits per heavy atom. The summed E-state index contributed by atoms with van der Waals surface area (Å²) in [5.74, 6) is 5.56. The SMILES string of the molecule is Cc1cc(C#CCNC(=O)OCC(F)(F)F)ccc1C1=CN(CC2CCCCO2)NN1.[HH]. The molecule has 1 aromatic carbocycles. The maximum absolute atomic E-state index is 12.0. The number of alkyl carbamates (subject to hydrolysis) is 1. The Balaban J connectivity index is 0.00000363. The zero-order valence-electron chi connectivity index (χ0n) is 17.1. The van der Waals surface area contributed by atoms with Crippen LogP contribution in [-0.2, 0) is 9.47 Å². The lowest BCUT2D eigenvalue weighted by Crippen LogP contribution is -2.42. The second kappa shape index (κ2) is 10.4. The van der Waals surface area contributed by atoms with E-state index in [9.17, 15) is 18.0 Å². The highest BCUT2D eigenvalue weighted by Crippen LogP contribution is 2.21. The zero-order chi connectivity index (χ0) is 22.3. The van der Waals surface area contributed by atoms with E-state index in [0.717, 1.165) is 48.4 Å². The summed E-state index contributed by atoms with van der Waals surface area (Å²) in [6.45, 7) is 1.79. The van der Waals surface area contributed by atoms with Gasteiger partial charge in [0.15, 0.2) is 6.61 Å². The predicted molar refractivity (Wildman–Crippen MR) is 110 cm³/mol. The van der Waals surface area contributed by atoms with Crippen molar-refractivity contribution in [1.82, 2.24) is 21.3 Å². The fourth-order valence-corrected chi connectivity index (χ4v) is 3.26. The van der Waals surface area contributed by atoms with E-state index < -0.39 is 18.9 Å². The van der Waals surface area contributed by atoms with Gasteiger partial charge in [0.25, 0.3) is 0 Å². The first kappa shape index (κ1) is 22.8. The molecule has 1 unspecified atom stereocenters. The Labute approximate surface area is 180 Å². The van der Waals surface area contributed by atoms with E-state index in [2.05, 4.69) is 32.9 Å². The average Bonchev–Trinajstić information content (AvgIpc) is 3.18. The zero-order valence-corrected chi connectivity index (χ0v) is 17.1. The summed E-state index contributed by atoms with van der Waals surface area (Å²) in [5, 5.41) is 4.13. The molecule has 1 fully saturated rings. The number of aryl methyl sites for hydroxylation is 1. The topological polar surface area (TPSA) is 74.9 Å². The van der Waals surface area contributed by atoms with E-state index in [4.69, 9.17) is 4.74 Å². The summed E-state index contributed by atoms with van der Waals surface area (Å²) >= 11 is 0. The molecule has 1 saturated heterocycles. The van der Waals surface area contributed by atoms with Crippen LogP contribution in [0.2, 0.25) is 0 Å². The standard InChI is InChI=1S/C21H25F3N4O3.H2/c1-15-11-16(5-4-9-25-20(29)31-14-21(22,23)24)7-8-18(15)19-13-28(27-26-19)12-17-6-2-3-10-30-17;/h7-8,11,13,17,26-27H,2-3,6,9-10,12,14H2,1H3,(H,25,29);1H. The summed E-state index contributed by atoms with van der Waals surface area (Å²) in [6, 6.07) is 5.68. The molecule has 1 amide bonds. The van der Waals surface area contributed by atoms with Crippen LogP contribution in [0, 0.1) is 18.8 Å². The number of nitrogens with one attached hydrogen (secondary N) is 3. The van der Waals surface area contributed by atoms with Crippen LogP contribution in [-0.4, -0.2) is 49.7 Å². The van der Waals surface area contributed by atoms with Crippen molar-refractivity contribution < 1.29 is 28.9 Å². The van der Waals surface area contributed by atoms with Crippen LogP contribution < -0.4 is 16.3 Å². The average molecular weight is 440 g/mol. The summed E-state index contributed by atoms with van der Waals surface area (Å²) < 4.78 is 45.8. The van der Waals surface area contributed by atoms with E-state index in [1.165, 1.54) is 6.42 Å². The number of hydrazine groups is 2. The molecule has 170 valence electrons. The van der Waals surface area contributed by atoms with Gasteiger partial charge in [0.1, 0.15) is 0 Å². The highest BCUT2D eigenvalue weighted by atomic mass is 19.4. The number of hydrogen-bond acceptors (Lipinski definition) is 6. The Hall–Kier alpha value is -2.90. The third kappa shape index (κ3) is 7.38. The van der Waals surface area contributed by atoms with Crippen LogP contribution in [0.5, 0.6) is 0 Å². The number of carbonyl (C=O) groups is 1. The third-order valence-electron chi connectivity index (χ3n) is 4.73. The van der Waals surface area contributed by atoms with E-state index in [-0.39, 0.29) is 14.1 Å². The molecular weight excluding hydrogens is 413 g/mol. The van der Waals surface area contributed by atoms with Crippen LogP contribution >= 0.6 is 0 Å². The number of amides is 1. The van der Waals surface area contributed by atoms with Gasteiger partial charge in [-0.05, 0) is 43.9 Å². The molecule has 7 nitrogen and oxygen atoms in total. The number of nitrogens with zero attached hydrogens (tertiary/aromatic N) is 1. The van der Waals surface area contributed by atoms with Crippen LogP contribution in [0.25, 0.3) is 5.70 Å². The quantitative estimate of drug-likeness (QED) is 0.611. The van der Waals surface area contributed by atoms with Gasteiger partial charge in [-0.25, -0.2) is 4.79 Å². The molecule has 3 rings (SSSR count). The van der Waals surface area contributed by atoms with Crippen LogP contribution in [0.3, 0.4) is 0 Å². The smallest absolute Gasteiger partial charge is 0.422 e. The van der Waals surface area contributed by atoms with E-state index in [1.54, 1.807) is 0 Å². The Bertz CT molecular complexity index is 877. The fourth-order valence-electron chi connectivity index (χ4n) is 3.26.